The van der Waals surface area contributed by atoms with E-state index in [1.165, 1.54) is 7.11 Å². The Kier molecular flexibility index (Phi) is 6.18. The van der Waals surface area contributed by atoms with Crippen LogP contribution >= 0.6 is 0 Å². The summed E-state index contributed by atoms with van der Waals surface area (Å²) in [6.45, 7) is 2.06. The summed E-state index contributed by atoms with van der Waals surface area (Å²) in [4.78, 5) is 12.1. The zero-order valence-electron chi connectivity index (χ0n) is 13.8. The third-order valence-corrected chi connectivity index (χ3v) is 3.74. The second-order valence-corrected chi connectivity index (χ2v) is 5.19. The molecule has 0 radical (unpaired) electrons. The molecule has 2 aromatic rings. The molecule has 0 saturated carbocycles. The highest BCUT2D eigenvalue weighted by molar-refractivity contribution is 5.82. The number of rotatable bonds is 7. The van der Waals surface area contributed by atoms with E-state index >= 15 is 0 Å². The summed E-state index contributed by atoms with van der Waals surface area (Å²) < 4.78 is 11.5. The Hall–Kier alpha value is -2.33. The van der Waals surface area contributed by atoms with Crippen molar-refractivity contribution in [2.45, 2.75) is 25.6 Å². The number of carbonyl (C=O) groups is 1. The van der Waals surface area contributed by atoms with Gasteiger partial charge in [-0.2, -0.15) is 0 Å². The fourth-order valence-electron chi connectivity index (χ4n) is 2.58. The highest BCUT2D eigenvalue weighted by Gasteiger charge is 2.25. The maximum atomic E-state index is 12.1. The predicted octanol–water partition coefficient (Wildman–Crippen LogP) is 3.65. The molecule has 23 heavy (non-hydrogen) atoms. The van der Waals surface area contributed by atoms with E-state index in [1.807, 2.05) is 54.6 Å². The van der Waals surface area contributed by atoms with Crippen molar-refractivity contribution in [2.75, 3.05) is 14.2 Å². The molecule has 2 aromatic carbocycles. The van der Waals surface area contributed by atoms with Gasteiger partial charge >= 0.3 is 0 Å². The van der Waals surface area contributed by atoms with Gasteiger partial charge in [0.15, 0.2) is 6.10 Å². The van der Waals surface area contributed by atoms with E-state index in [9.17, 15) is 4.79 Å². The third kappa shape index (κ3) is 4.11. The smallest absolute Gasteiger partial charge is 0.253 e. The lowest BCUT2D eigenvalue weighted by atomic mass is 9.96. The highest BCUT2D eigenvalue weighted by atomic mass is 16.5. The average Bonchev–Trinajstić information content (AvgIpc) is 2.61. The number of methoxy groups -OCH3 is 1. The molecular formula is C19H23NO3. The molecule has 0 fully saturated rings. The minimum absolute atomic E-state index is 0.143. The van der Waals surface area contributed by atoms with Crippen molar-refractivity contribution in [3.05, 3.63) is 65.7 Å². The number of hydrogen-bond donors (Lipinski definition) is 1. The summed E-state index contributed by atoms with van der Waals surface area (Å²) in [6.07, 6.45) is -0.00339. The van der Waals surface area contributed by atoms with Gasteiger partial charge in [0.25, 0.3) is 5.91 Å². The van der Waals surface area contributed by atoms with Gasteiger partial charge in [-0.1, -0.05) is 49.4 Å². The summed E-state index contributed by atoms with van der Waals surface area (Å²) in [6, 6.07) is 17.4. The Morgan fingerprint density at radius 2 is 1.65 bits per heavy atom. The van der Waals surface area contributed by atoms with Gasteiger partial charge in [-0.3, -0.25) is 4.79 Å². The molecule has 4 heteroatoms. The zero-order valence-corrected chi connectivity index (χ0v) is 13.8. The van der Waals surface area contributed by atoms with E-state index in [2.05, 4.69) is 12.2 Å². The van der Waals surface area contributed by atoms with Gasteiger partial charge in [0, 0.05) is 14.2 Å². The maximum absolute atomic E-state index is 12.1. The normalized spacial score (nSPS) is 13.2. The van der Waals surface area contributed by atoms with Crippen LogP contribution in [0.1, 0.15) is 36.7 Å². The van der Waals surface area contributed by atoms with Gasteiger partial charge in [0.1, 0.15) is 11.9 Å². The number of para-hydroxylation sites is 1. The third-order valence-electron chi connectivity index (χ3n) is 3.74. The van der Waals surface area contributed by atoms with Crippen LogP contribution in [0.25, 0.3) is 0 Å². The number of carbonyl (C=O) groups excluding carboxylic acids is 1. The number of amides is 1. The van der Waals surface area contributed by atoms with E-state index in [0.29, 0.717) is 0 Å². The summed E-state index contributed by atoms with van der Waals surface area (Å²) in [5.74, 6) is 0.637. The Morgan fingerprint density at radius 1 is 1.04 bits per heavy atom. The lowest BCUT2D eigenvalue weighted by Crippen LogP contribution is -2.28. The first-order valence-electron chi connectivity index (χ1n) is 7.76. The fourth-order valence-corrected chi connectivity index (χ4v) is 2.58. The van der Waals surface area contributed by atoms with Crippen LogP contribution in [0.2, 0.25) is 0 Å². The first kappa shape index (κ1) is 17.0. The van der Waals surface area contributed by atoms with Crippen molar-refractivity contribution in [1.82, 2.24) is 5.32 Å². The van der Waals surface area contributed by atoms with E-state index in [-0.39, 0.29) is 12.0 Å². The Bertz CT molecular complexity index is 628. The monoisotopic (exact) mass is 313 g/mol. The van der Waals surface area contributed by atoms with Crippen LogP contribution in [-0.4, -0.2) is 20.1 Å². The van der Waals surface area contributed by atoms with Crippen molar-refractivity contribution in [1.29, 1.82) is 0 Å². The van der Waals surface area contributed by atoms with Gasteiger partial charge in [-0.15, -0.1) is 0 Å². The minimum Gasteiger partial charge on any atom is -0.486 e. The van der Waals surface area contributed by atoms with Crippen LogP contribution in [0.3, 0.4) is 0 Å². The molecule has 1 amide bonds. The molecule has 0 aromatic heterocycles. The first-order valence-corrected chi connectivity index (χ1v) is 7.76. The topological polar surface area (TPSA) is 47.6 Å². The molecule has 0 spiro atoms. The average molecular weight is 313 g/mol. The number of hydrogen-bond acceptors (Lipinski definition) is 3. The van der Waals surface area contributed by atoms with E-state index in [1.54, 1.807) is 7.05 Å². The highest BCUT2D eigenvalue weighted by Crippen LogP contribution is 2.31. The van der Waals surface area contributed by atoms with E-state index < -0.39 is 6.10 Å². The number of ether oxygens (including phenoxy) is 2. The predicted molar refractivity (Wildman–Crippen MR) is 90.4 cm³/mol. The van der Waals surface area contributed by atoms with Gasteiger partial charge in [-0.25, -0.2) is 0 Å². The second-order valence-electron chi connectivity index (χ2n) is 5.19. The molecule has 1 N–H and O–H groups in total. The van der Waals surface area contributed by atoms with Crippen molar-refractivity contribution in [2.24, 2.45) is 0 Å². The Balaban J connectivity index is 2.35. The van der Waals surface area contributed by atoms with Crippen LogP contribution < -0.4 is 10.1 Å². The van der Waals surface area contributed by atoms with Crippen molar-refractivity contribution >= 4 is 5.91 Å². The Labute approximate surface area is 137 Å². The largest absolute Gasteiger partial charge is 0.486 e. The molecule has 4 nitrogen and oxygen atoms in total. The molecular weight excluding hydrogens is 290 g/mol. The van der Waals surface area contributed by atoms with Gasteiger partial charge in [-0.05, 0) is 29.7 Å². The van der Waals surface area contributed by atoms with Crippen molar-refractivity contribution in [3.63, 3.8) is 0 Å². The first-order chi connectivity index (χ1) is 11.2. The molecule has 0 bridgehead atoms. The molecule has 0 aliphatic heterocycles. The van der Waals surface area contributed by atoms with Gasteiger partial charge < -0.3 is 14.8 Å². The molecule has 0 aliphatic rings. The van der Waals surface area contributed by atoms with Gasteiger partial charge in [0.05, 0.1) is 0 Å². The van der Waals surface area contributed by atoms with Crippen molar-refractivity contribution in [3.8, 4) is 5.75 Å². The van der Waals surface area contributed by atoms with Crippen LogP contribution in [0.4, 0.5) is 0 Å². The number of likely N-dealkylation sites (N-methyl/N-ethyl adjacent to an activating group) is 1. The minimum atomic E-state index is -0.648. The molecule has 0 heterocycles. The number of benzene rings is 2. The standard InChI is InChI=1S/C19H23NO3/c1-4-17(23-14-10-6-5-7-11-14)15-12-8-9-13-16(15)18(22-3)19(21)20-2/h5-13,17-18H,4H2,1-3H3,(H,20,21). The molecule has 122 valence electrons. The van der Waals surface area contributed by atoms with Crippen molar-refractivity contribution < 1.29 is 14.3 Å². The second kappa shape index (κ2) is 8.34. The quantitative estimate of drug-likeness (QED) is 0.849. The Morgan fingerprint density at radius 3 is 2.22 bits per heavy atom. The summed E-state index contributed by atoms with van der Waals surface area (Å²) >= 11 is 0. The van der Waals surface area contributed by atoms with E-state index in [0.717, 1.165) is 23.3 Å². The molecule has 2 unspecified atom stereocenters. The molecule has 2 rings (SSSR count). The molecule has 2 atom stereocenters. The summed E-state index contributed by atoms with van der Waals surface area (Å²) in [5.41, 5.74) is 1.80. The lowest BCUT2D eigenvalue weighted by molar-refractivity contribution is -0.130. The molecule has 0 saturated heterocycles. The van der Waals surface area contributed by atoms with Crippen LogP contribution in [0, 0.1) is 0 Å². The SMILES string of the molecule is CCC(Oc1ccccc1)c1ccccc1C(OC)C(=O)NC. The summed E-state index contributed by atoms with van der Waals surface area (Å²) in [7, 11) is 3.14. The summed E-state index contributed by atoms with van der Waals surface area (Å²) in [5, 5.41) is 2.64. The van der Waals surface area contributed by atoms with Gasteiger partial charge in [0.2, 0.25) is 0 Å². The number of nitrogens with one attached hydrogen (secondary N) is 1. The van der Waals surface area contributed by atoms with Crippen LogP contribution in [0.15, 0.2) is 54.6 Å². The van der Waals surface area contributed by atoms with Crippen LogP contribution in [0.5, 0.6) is 5.75 Å². The maximum Gasteiger partial charge on any atom is 0.253 e. The molecule has 0 aliphatic carbocycles. The van der Waals surface area contributed by atoms with Crippen LogP contribution in [-0.2, 0) is 9.53 Å². The lowest BCUT2D eigenvalue weighted by Gasteiger charge is -2.24. The fraction of sp³-hybridized carbons (Fsp3) is 0.316. The van der Waals surface area contributed by atoms with E-state index in [4.69, 9.17) is 9.47 Å². The zero-order chi connectivity index (χ0) is 16.7.